The molecule has 0 fully saturated rings. The van der Waals surface area contributed by atoms with E-state index in [0.717, 1.165) is 16.9 Å². The highest BCUT2D eigenvalue weighted by atomic mass is 35.5. The van der Waals surface area contributed by atoms with E-state index in [-0.39, 0.29) is 6.01 Å². The van der Waals surface area contributed by atoms with Crippen molar-refractivity contribution < 1.29 is 9.84 Å². The van der Waals surface area contributed by atoms with Crippen LogP contribution in [0.1, 0.15) is 11.1 Å². The fourth-order valence-corrected chi connectivity index (χ4v) is 2.93. The summed E-state index contributed by atoms with van der Waals surface area (Å²) in [6.07, 6.45) is 0. The van der Waals surface area contributed by atoms with Crippen LogP contribution in [0, 0.1) is 6.92 Å². The second kappa shape index (κ2) is 6.69. The van der Waals surface area contributed by atoms with Crippen LogP contribution in [0.2, 0.25) is 5.02 Å². The van der Waals surface area contributed by atoms with Gasteiger partial charge in [0.25, 0.3) is 6.01 Å². The van der Waals surface area contributed by atoms with E-state index in [1.54, 1.807) is 6.07 Å². The molecule has 2 aromatic heterocycles. The van der Waals surface area contributed by atoms with E-state index >= 15 is 0 Å². The van der Waals surface area contributed by atoms with Crippen LogP contribution in [0.25, 0.3) is 22.4 Å². The van der Waals surface area contributed by atoms with E-state index in [0.29, 0.717) is 28.5 Å². The summed E-state index contributed by atoms with van der Waals surface area (Å²) in [5.74, 6) is 0.768. The zero-order valence-electron chi connectivity index (χ0n) is 14.0. The van der Waals surface area contributed by atoms with Gasteiger partial charge in [-0.05, 0) is 42.8 Å². The van der Waals surface area contributed by atoms with Crippen molar-refractivity contribution in [1.29, 1.82) is 0 Å². The number of nitrogens with zero attached hydrogens (tertiary/aromatic N) is 2. The Balaban J connectivity index is 1.53. The Hall–Kier alpha value is -3.05. The minimum atomic E-state index is -0.180. The Bertz CT molecular complexity index is 1060. The van der Waals surface area contributed by atoms with Gasteiger partial charge in [-0.15, -0.1) is 0 Å². The van der Waals surface area contributed by atoms with E-state index < -0.39 is 0 Å². The molecule has 0 saturated heterocycles. The normalized spacial score (nSPS) is 11.0. The predicted octanol–water partition coefficient (Wildman–Crippen LogP) is 4.87. The first kappa shape index (κ1) is 16.4. The van der Waals surface area contributed by atoms with Crippen molar-refractivity contribution in [1.82, 2.24) is 15.0 Å². The molecule has 2 N–H and O–H groups in total. The predicted molar refractivity (Wildman–Crippen MR) is 102 cm³/mol. The summed E-state index contributed by atoms with van der Waals surface area (Å²) in [6.45, 7) is 2.57. The molecular weight excluding hydrogens is 350 g/mol. The smallest absolute Gasteiger partial charge is 0.293 e. The molecule has 0 aliphatic heterocycles. The lowest BCUT2D eigenvalue weighted by Crippen LogP contribution is -1.95. The van der Waals surface area contributed by atoms with Crippen LogP contribution in [0.4, 0.5) is 0 Å². The Morgan fingerprint density at radius 3 is 2.50 bits per heavy atom. The molecule has 0 atom stereocenters. The highest BCUT2D eigenvalue weighted by molar-refractivity contribution is 6.33. The van der Waals surface area contributed by atoms with Gasteiger partial charge in [-0.1, -0.05) is 41.4 Å². The fourth-order valence-electron chi connectivity index (χ4n) is 2.67. The number of H-pyrrole nitrogens is 1. The summed E-state index contributed by atoms with van der Waals surface area (Å²) in [7, 11) is 0. The molecule has 5 nitrogen and oxygen atoms in total. The van der Waals surface area contributed by atoms with Crippen molar-refractivity contribution >= 4 is 22.8 Å². The molecule has 0 saturated carbocycles. The Kier molecular flexibility index (Phi) is 4.22. The lowest BCUT2D eigenvalue weighted by Gasteiger charge is -2.08. The lowest BCUT2D eigenvalue weighted by atomic mass is 10.1. The van der Waals surface area contributed by atoms with Crippen molar-refractivity contribution in [3.05, 3.63) is 70.7 Å². The zero-order valence-corrected chi connectivity index (χ0v) is 14.8. The summed E-state index contributed by atoms with van der Waals surface area (Å²) in [5.41, 5.74) is 4.81. The van der Waals surface area contributed by atoms with Crippen LogP contribution in [0.5, 0.6) is 11.8 Å². The maximum atomic E-state index is 9.45. The number of aromatic amines is 1. The maximum absolute atomic E-state index is 9.45. The molecule has 4 aromatic rings. The first-order chi connectivity index (χ1) is 12.6. The van der Waals surface area contributed by atoms with Crippen molar-refractivity contribution in [2.45, 2.75) is 13.5 Å². The third-order valence-electron chi connectivity index (χ3n) is 4.07. The number of imidazole rings is 1. The third-order valence-corrected chi connectivity index (χ3v) is 4.36. The van der Waals surface area contributed by atoms with Gasteiger partial charge in [0.1, 0.15) is 12.4 Å². The Morgan fingerprint density at radius 2 is 1.77 bits per heavy atom. The van der Waals surface area contributed by atoms with Crippen molar-refractivity contribution in [2.24, 2.45) is 0 Å². The molecule has 2 heterocycles. The number of nitrogens with one attached hydrogen (secondary N) is 1. The molecule has 0 amide bonds. The Labute approximate surface area is 155 Å². The molecule has 0 unspecified atom stereocenters. The maximum Gasteiger partial charge on any atom is 0.293 e. The topological polar surface area (TPSA) is 71.0 Å². The number of pyridine rings is 1. The largest absolute Gasteiger partial charge is 0.489 e. The molecule has 6 heteroatoms. The average Bonchev–Trinajstić information content (AvgIpc) is 3.00. The van der Waals surface area contributed by atoms with Gasteiger partial charge in [0.05, 0.1) is 16.2 Å². The molecule has 4 rings (SSSR count). The highest BCUT2D eigenvalue weighted by Gasteiger charge is 2.11. The van der Waals surface area contributed by atoms with E-state index in [9.17, 15) is 5.11 Å². The van der Waals surface area contributed by atoms with Gasteiger partial charge in [0, 0.05) is 5.56 Å². The third kappa shape index (κ3) is 3.34. The van der Waals surface area contributed by atoms with E-state index in [1.165, 1.54) is 5.56 Å². The molecule has 0 radical (unpaired) electrons. The van der Waals surface area contributed by atoms with Gasteiger partial charge < -0.3 is 14.8 Å². The molecule has 0 aliphatic rings. The second-order valence-corrected chi connectivity index (χ2v) is 6.46. The van der Waals surface area contributed by atoms with Crippen LogP contribution in [-0.2, 0) is 6.61 Å². The van der Waals surface area contributed by atoms with Crippen LogP contribution in [-0.4, -0.2) is 20.1 Å². The Morgan fingerprint density at radius 1 is 1.04 bits per heavy atom. The van der Waals surface area contributed by atoms with Crippen LogP contribution < -0.4 is 4.74 Å². The summed E-state index contributed by atoms with van der Waals surface area (Å²) in [4.78, 5) is 11.1. The quantitative estimate of drug-likeness (QED) is 0.541. The van der Waals surface area contributed by atoms with E-state index in [2.05, 4.69) is 46.1 Å². The van der Waals surface area contributed by atoms with E-state index in [1.807, 2.05) is 24.3 Å². The van der Waals surface area contributed by atoms with Crippen molar-refractivity contribution in [3.8, 4) is 23.0 Å². The monoisotopic (exact) mass is 365 g/mol. The number of rotatable bonds is 4. The standard InChI is InChI=1S/C20H16ClN3O2/c1-12-2-4-13(5-3-12)11-26-15-8-6-14(7-9-15)18-16(21)10-17-19(23-18)24-20(25)22-17/h2-10H,11H2,1H3,(H2,22,23,24,25). The summed E-state index contributed by atoms with van der Waals surface area (Å²) in [6, 6.07) is 17.3. The SMILES string of the molecule is Cc1ccc(COc2ccc(-c3nc4nc(O)[nH]c4cc3Cl)cc2)cc1. The van der Waals surface area contributed by atoms with Gasteiger partial charge in [-0.2, -0.15) is 4.98 Å². The van der Waals surface area contributed by atoms with Gasteiger partial charge in [-0.3, -0.25) is 0 Å². The van der Waals surface area contributed by atoms with Crippen LogP contribution >= 0.6 is 11.6 Å². The van der Waals surface area contributed by atoms with Crippen LogP contribution in [0.3, 0.4) is 0 Å². The molecule has 130 valence electrons. The average molecular weight is 366 g/mol. The number of halogens is 1. The molecular formula is C20H16ClN3O2. The van der Waals surface area contributed by atoms with Crippen molar-refractivity contribution in [2.75, 3.05) is 0 Å². The van der Waals surface area contributed by atoms with Crippen LogP contribution in [0.15, 0.2) is 54.6 Å². The number of hydrogen-bond donors (Lipinski definition) is 2. The first-order valence-electron chi connectivity index (χ1n) is 8.12. The highest BCUT2D eigenvalue weighted by Crippen LogP contribution is 2.30. The number of hydrogen-bond acceptors (Lipinski definition) is 4. The molecule has 0 bridgehead atoms. The van der Waals surface area contributed by atoms with Crippen molar-refractivity contribution in [3.63, 3.8) is 0 Å². The second-order valence-electron chi connectivity index (χ2n) is 6.05. The number of fused-ring (bicyclic) bond motifs is 1. The van der Waals surface area contributed by atoms with Gasteiger partial charge in [-0.25, -0.2) is 4.98 Å². The minimum absolute atomic E-state index is 0.180. The summed E-state index contributed by atoms with van der Waals surface area (Å²) in [5, 5.41) is 9.93. The van der Waals surface area contributed by atoms with Gasteiger partial charge in [0.15, 0.2) is 5.65 Å². The molecule has 0 spiro atoms. The first-order valence-corrected chi connectivity index (χ1v) is 8.50. The van der Waals surface area contributed by atoms with Gasteiger partial charge in [0.2, 0.25) is 0 Å². The minimum Gasteiger partial charge on any atom is -0.489 e. The molecule has 2 aromatic carbocycles. The number of benzene rings is 2. The van der Waals surface area contributed by atoms with Gasteiger partial charge >= 0.3 is 0 Å². The number of aromatic hydroxyl groups is 1. The number of aromatic nitrogens is 3. The molecule has 0 aliphatic carbocycles. The molecule has 26 heavy (non-hydrogen) atoms. The zero-order chi connectivity index (χ0) is 18.1. The van der Waals surface area contributed by atoms with E-state index in [4.69, 9.17) is 16.3 Å². The fraction of sp³-hybridized carbons (Fsp3) is 0.100. The summed E-state index contributed by atoms with van der Waals surface area (Å²) < 4.78 is 5.82. The number of aryl methyl sites for hydroxylation is 1. The number of ether oxygens (including phenoxy) is 1. The summed E-state index contributed by atoms with van der Waals surface area (Å²) >= 11 is 6.32. The lowest BCUT2D eigenvalue weighted by molar-refractivity contribution is 0.306.